The Morgan fingerprint density at radius 2 is 1.87 bits per heavy atom. The number of amides is 1. The molecule has 168 valence electrons. The number of nitrogens with one attached hydrogen (secondary N) is 1. The van der Waals surface area contributed by atoms with E-state index in [-0.39, 0.29) is 18.6 Å². The van der Waals surface area contributed by atoms with Crippen LogP contribution in [0.2, 0.25) is 0 Å². The number of aliphatic hydroxyl groups excluding tert-OH is 2. The summed E-state index contributed by atoms with van der Waals surface area (Å²) in [6.07, 6.45) is 0.349. The number of hydrogen-bond acceptors (Lipinski definition) is 6. The lowest BCUT2D eigenvalue weighted by Gasteiger charge is -2.18. The molecule has 1 amide bonds. The number of benzene rings is 1. The quantitative estimate of drug-likeness (QED) is 0.594. The number of nitrogens with zero attached hydrogens (tertiary/aromatic N) is 2. The van der Waals surface area contributed by atoms with Crippen molar-refractivity contribution in [2.75, 3.05) is 11.9 Å². The molecule has 3 atom stereocenters. The number of ether oxygens (including phenoxy) is 1. The van der Waals surface area contributed by atoms with Crippen LogP contribution < -0.4 is 16.6 Å². The molecule has 1 saturated heterocycles. The van der Waals surface area contributed by atoms with Gasteiger partial charge in [0.15, 0.2) is 0 Å². The van der Waals surface area contributed by atoms with Gasteiger partial charge in [-0.3, -0.25) is 18.7 Å². The molecule has 1 aliphatic rings. The molecule has 2 heterocycles. The van der Waals surface area contributed by atoms with E-state index in [0.717, 1.165) is 28.5 Å². The normalized spacial score (nSPS) is 20.7. The molecule has 0 spiro atoms. The van der Waals surface area contributed by atoms with Gasteiger partial charge in [-0.25, -0.2) is 4.79 Å². The first-order valence-corrected chi connectivity index (χ1v) is 10.5. The molecule has 1 aromatic heterocycles. The van der Waals surface area contributed by atoms with Gasteiger partial charge < -0.3 is 20.3 Å². The largest absolute Gasteiger partial charge is 0.394 e. The second kappa shape index (κ2) is 9.59. The van der Waals surface area contributed by atoms with Gasteiger partial charge in [-0.1, -0.05) is 32.0 Å². The highest BCUT2D eigenvalue weighted by molar-refractivity contribution is 5.92. The number of para-hydroxylation sites is 1. The van der Waals surface area contributed by atoms with Crippen LogP contribution in [0.5, 0.6) is 0 Å². The van der Waals surface area contributed by atoms with Crippen molar-refractivity contribution in [2.45, 2.75) is 65.0 Å². The van der Waals surface area contributed by atoms with E-state index >= 15 is 0 Å². The van der Waals surface area contributed by atoms with Crippen molar-refractivity contribution < 1.29 is 19.7 Å². The topological polar surface area (TPSA) is 123 Å². The minimum atomic E-state index is -0.927. The monoisotopic (exact) mass is 431 g/mol. The minimum Gasteiger partial charge on any atom is -0.394 e. The molecule has 0 unspecified atom stereocenters. The van der Waals surface area contributed by atoms with Crippen LogP contribution in [0.25, 0.3) is 0 Å². The Morgan fingerprint density at radius 1 is 1.23 bits per heavy atom. The Labute approximate surface area is 179 Å². The van der Waals surface area contributed by atoms with Crippen LogP contribution in [0.15, 0.2) is 34.0 Å². The lowest BCUT2D eigenvalue weighted by molar-refractivity contribution is -0.116. The van der Waals surface area contributed by atoms with E-state index in [2.05, 4.69) is 5.32 Å². The molecule has 0 bridgehead atoms. The third-order valence-corrected chi connectivity index (χ3v) is 5.63. The molecular formula is C22H29N3O6. The predicted molar refractivity (Wildman–Crippen MR) is 115 cm³/mol. The Morgan fingerprint density at radius 3 is 2.42 bits per heavy atom. The number of anilines is 1. The Balaban J connectivity index is 1.91. The number of aromatic nitrogens is 2. The van der Waals surface area contributed by atoms with E-state index in [0.29, 0.717) is 5.69 Å². The van der Waals surface area contributed by atoms with E-state index < -0.39 is 42.1 Å². The first kappa shape index (κ1) is 22.9. The molecule has 1 aliphatic heterocycles. The molecule has 3 rings (SSSR count). The van der Waals surface area contributed by atoms with Crippen LogP contribution in [-0.4, -0.2) is 44.1 Å². The van der Waals surface area contributed by atoms with Gasteiger partial charge in [0.05, 0.1) is 12.7 Å². The van der Waals surface area contributed by atoms with Gasteiger partial charge in [0, 0.05) is 23.9 Å². The highest BCUT2D eigenvalue weighted by Crippen LogP contribution is 2.27. The summed E-state index contributed by atoms with van der Waals surface area (Å²) in [6, 6.07) is 5.80. The van der Waals surface area contributed by atoms with Crippen molar-refractivity contribution in [3.8, 4) is 0 Å². The molecule has 1 fully saturated rings. The Kier molecular flexibility index (Phi) is 7.09. The highest BCUT2D eigenvalue weighted by atomic mass is 16.5. The van der Waals surface area contributed by atoms with Crippen LogP contribution in [0, 0.1) is 6.92 Å². The third-order valence-electron chi connectivity index (χ3n) is 5.63. The summed E-state index contributed by atoms with van der Waals surface area (Å²) >= 11 is 0. The summed E-state index contributed by atoms with van der Waals surface area (Å²) in [6.45, 7) is 4.69. The number of rotatable bonds is 7. The van der Waals surface area contributed by atoms with Gasteiger partial charge >= 0.3 is 5.69 Å². The zero-order valence-electron chi connectivity index (χ0n) is 18.0. The van der Waals surface area contributed by atoms with E-state index in [9.17, 15) is 24.6 Å². The Hall–Kier alpha value is -2.75. The second-order valence-corrected chi connectivity index (χ2v) is 7.71. The number of aliphatic hydroxyl groups is 2. The van der Waals surface area contributed by atoms with Gasteiger partial charge in [0.1, 0.15) is 18.9 Å². The van der Waals surface area contributed by atoms with Gasteiger partial charge in [-0.05, 0) is 30.9 Å². The maximum absolute atomic E-state index is 13.0. The summed E-state index contributed by atoms with van der Waals surface area (Å²) in [7, 11) is 0. The fourth-order valence-corrected chi connectivity index (χ4v) is 3.88. The van der Waals surface area contributed by atoms with E-state index in [1.54, 1.807) is 6.92 Å². The fourth-order valence-electron chi connectivity index (χ4n) is 3.88. The number of hydrogen-bond donors (Lipinski definition) is 3. The van der Waals surface area contributed by atoms with Crippen molar-refractivity contribution in [3.05, 3.63) is 61.9 Å². The molecular weight excluding hydrogens is 402 g/mol. The van der Waals surface area contributed by atoms with Gasteiger partial charge in [0.25, 0.3) is 5.56 Å². The van der Waals surface area contributed by atoms with E-state index in [4.69, 9.17) is 4.74 Å². The van der Waals surface area contributed by atoms with Crippen molar-refractivity contribution in [1.82, 2.24) is 9.13 Å². The Bertz CT molecular complexity index is 1050. The first-order chi connectivity index (χ1) is 14.8. The molecule has 9 heteroatoms. The second-order valence-electron chi connectivity index (χ2n) is 7.71. The van der Waals surface area contributed by atoms with Crippen LogP contribution >= 0.6 is 0 Å². The molecule has 0 radical (unpaired) electrons. The van der Waals surface area contributed by atoms with Crippen molar-refractivity contribution in [3.63, 3.8) is 0 Å². The predicted octanol–water partition coefficient (Wildman–Crippen LogP) is 0.723. The molecule has 0 saturated carbocycles. The third kappa shape index (κ3) is 4.63. The summed E-state index contributed by atoms with van der Waals surface area (Å²) < 4.78 is 7.61. The maximum atomic E-state index is 13.0. The van der Waals surface area contributed by atoms with Crippen LogP contribution in [0.3, 0.4) is 0 Å². The summed E-state index contributed by atoms with van der Waals surface area (Å²) in [5.41, 5.74) is 1.66. The van der Waals surface area contributed by atoms with Gasteiger partial charge in [0.2, 0.25) is 5.91 Å². The minimum absolute atomic E-state index is 0.0959. The molecule has 9 nitrogen and oxygen atoms in total. The zero-order chi connectivity index (χ0) is 22.7. The van der Waals surface area contributed by atoms with Gasteiger partial charge in [-0.2, -0.15) is 0 Å². The smallest absolute Gasteiger partial charge is 0.333 e. The molecule has 1 aromatic carbocycles. The highest BCUT2D eigenvalue weighted by Gasteiger charge is 2.35. The average Bonchev–Trinajstić information content (AvgIpc) is 3.14. The van der Waals surface area contributed by atoms with Gasteiger partial charge in [-0.15, -0.1) is 0 Å². The molecule has 31 heavy (non-hydrogen) atoms. The summed E-state index contributed by atoms with van der Waals surface area (Å²) in [5, 5.41) is 22.1. The summed E-state index contributed by atoms with van der Waals surface area (Å²) in [4.78, 5) is 38.4. The standard InChI is InChI=1S/C22H29N3O6/c1-4-14-7-6-8-15(5-2)20(14)23-18(28)11-25-21(29)13(3)10-24(22(25)30)19-9-16(27)17(12-26)31-19/h6-8,10,16-17,19,26-27H,4-5,9,11-12H2,1-3H3,(H,23,28)/t16-,17+,19+/m0/s1. The summed E-state index contributed by atoms with van der Waals surface area (Å²) in [5.74, 6) is -0.479. The van der Waals surface area contributed by atoms with Crippen molar-refractivity contribution >= 4 is 11.6 Å². The molecule has 2 aromatic rings. The van der Waals surface area contributed by atoms with E-state index in [1.807, 2.05) is 32.0 Å². The first-order valence-electron chi connectivity index (χ1n) is 10.5. The maximum Gasteiger partial charge on any atom is 0.333 e. The van der Waals surface area contributed by atoms with Crippen molar-refractivity contribution in [2.24, 2.45) is 0 Å². The number of aryl methyl sites for hydroxylation is 3. The number of carbonyl (C=O) groups excluding carboxylic acids is 1. The fraction of sp³-hybridized carbons (Fsp3) is 0.500. The number of carbonyl (C=O) groups is 1. The lowest BCUT2D eigenvalue weighted by atomic mass is 10.0. The lowest BCUT2D eigenvalue weighted by Crippen LogP contribution is -2.44. The molecule has 0 aliphatic carbocycles. The van der Waals surface area contributed by atoms with Crippen LogP contribution in [0.1, 0.15) is 43.2 Å². The molecule has 3 N–H and O–H groups in total. The van der Waals surface area contributed by atoms with Crippen LogP contribution in [-0.2, 0) is 28.9 Å². The van der Waals surface area contributed by atoms with Crippen LogP contribution in [0.4, 0.5) is 5.69 Å². The average molecular weight is 431 g/mol. The zero-order valence-corrected chi connectivity index (χ0v) is 18.0. The van der Waals surface area contributed by atoms with E-state index in [1.165, 1.54) is 10.8 Å². The van der Waals surface area contributed by atoms with Crippen molar-refractivity contribution in [1.29, 1.82) is 0 Å². The SMILES string of the molecule is CCc1cccc(CC)c1NC(=O)Cn1c(=O)c(C)cn([C@H]2C[C@H](O)[C@@H](CO)O2)c1=O.